The molecule has 4 rings (SSSR count). The summed E-state index contributed by atoms with van der Waals surface area (Å²) in [5, 5.41) is 13.7. The van der Waals surface area contributed by atoms with Crippen LogP contribution in [0, 0.1) is 10.1 Å². The van der Waals surface area contributed by atoms with Crippen molar-refractivity contribution in [3.63, 3.8) is 0 Å². The second-order valence-corrected chi connectivity index (χ2v) is 8.53. The molecule has 1 fully saturated rings. The van der Waals surface area contributed by atoms with E-state index >= 15 is 0 Å². The van der Waals surface area contributed by atoms with Gasteiger partial charge in [0.25, 0.3) is 5.91 Å². The van der Waals surface area contributed by atoms with E-state index in [0.717, 1.165) is 21.0 Å². The van der Waals surface area contributed by atoms with Crippen LogP contribution in [0.3, 0.4) is 0 Å². The highest BCUT2D eigenvalue weighted by atomic mass is 79.9. The van der Waals surface area contributed by atoms with Crippen molar-refractivity contribution in [3.05, 3.63) is 104 Å². The summed E-state index contributed by atoms with van der Waals surface area (Å²) < 4.78 is 44.9. The van der Waals surface area contributed by atoms with Crippen molar-refractivity contribution in [2.75, 3.05) is 0 Å². The van der Waals surface area contributed by atoms with Crippen LogP contribution in [0.25, 0.3) is 6.08 Å². The molecule has 0 atom stereocenters. The molecular weight excluding hydrogens is 547 g/mol. The van der Waals surface area contributed by atoms with Gasteiger partial charge in [0.2, 0.25) is 5.75 Å². The molecule has 0 unspecified atom stereocenters. The summed E-state index contributed by atoms with van der Waals surface area (Å²) in [4.78, 5) is 36.3. The van der Waals surface area contributed by atoms with Gasteiger partial charge in [-0.25, -0.2) is 4.79 Å². The third-order valence-electron chi connectivity index (χ3n) is 5.12. The maximum atomic E-state index is 12.9. The number of imide groups is 1. The van der Waals surface area contributed by atoms with Crippen molar-refractivity contribution in [3.8, 4) is 11.5 Å². The Morgan fingerprint density at radius 2 is 1.69 bits per heavy atom. The van der Waals surface area contributed by atoms with Crippen LogP contribution in [0.2, 0.25) is 0 Å². The SMILES string of the molecule is O=C1NC(=Cc2ccc(Oc3ccc(C(F)(F)F)cc3[N+](=O)[O-])cc2)C(=O)N1Cc1ccc(Br)cc1. The van der Waals surface area contributed by atoms with E-state index in [0.29, 0.717) is 17.7 Å². The van der Waals surface area contributed by atoms with Crippen molar-refractivity contribution < 1.29 is 32.4 Å². The highest BCUT2D eigenvalue weighted by Gasteiger charge is 2.34. The Hall–Kier alpha value is -4.19. The number of ether oxygens (including phenoxy) is 1. The minimum atomic E-state index is -4.74. The molecule has 3 amide bonds. The molecule has 1 heterocycles. The van der Waals surface area contributed by atoms with Gasteiger partial charge in [0, 0.05) is 10.5 Å². The van der Waals surface area contributed by atoms with Crippen LogP contribution in [0.5, 0.6) is 11.5 Å². The molecule has 1 N–H and O–H groups in total. The minimum Gasteiger partial charge on any atom is -0.450 e. The molecule has 1 saturated heterocycles. The third-order valence-corrected chi connectivity index (χ3v) is 5.65. The average Bonchev–Trinajstić information content (AvgIpc) is 3.08. The zero-order valence-electron chi connectivity index (χ0n) is 18.1. The topological polar surface area (TPSA) is 102 Å². The van der Waals surface area contributed by atoms with Gasteiger partial charge in [0.15, 0.2) is 0 Å². The lowest BCUT2D eigenvalue weighted by molar-refractivity contribution is -0.385. The van der Waals surface area contributed by atoms with Gasteiger partial charge in [0.05, 0.1) is 17.0 Å². The van der Waals surface area contributed by atoms with Gasteiger partial charge in [0.1, 0.15) is 11.4 Å². The van der Waals surface area contributed by atoms with Gasteiger partial charge in [-0.3, -0.25) is 19.8 Å². The maximum Gasteiger partial charge on any atom is 0.416 e. The number of hydrogen-bond donors (Lipinski definition) is 1. The van der Waals surface area contributed by atoms with Crippen LogP contribution < -0.4 is 10.1 Å². The molecule has 3 aromatic carbocycles. The number of carbonyl (C=O) groups excluding carboxylic acids is 2. The molecule has 3 aromatic rings. The smallest absolute Gasteiger partial charge is 0.416 e. The molecule has 184 valence electrons. The summed E-state index contributed by atoms with van der Waals surface area (Å²) >= 11 is 3.32. The van der Waals surface area contributed by atoms with E-state index in [1.54, 1.807) is 24.3 Å². The fourth-order valence-electron chi connectivity index (χ4n) is 3.34. The lowest BCUT2D eigenvalue weighted by atomic mass is 10.1. The molecule has 0 bridgehead atoms. The molecule has 36 heavy (non-hydrogen) atoms. The Morgan fingerprint density at radius 3 is 2.31 bits per heavy atom. The second-order valence-electron chi connectivity index (χ2n) is 7.61. The van der Waals surface area contributed by atoms with Crippen molar-refractivity contribution in [2.24, 2.45) is 0 Å². The number of carbonyl (C=O) groups is 2. The molecule has 0 saturated carbocycles. The fourth-order valence-corrected chi connectivity index (χ4v) is 3.60. The van der Waals surface area contributed by atoms with Gasteiger partial charge in [-0.2, -0.15) is 13.2 Å². The van der Waals surface area contributed by atoms with Crippen LogP contribution in [0.4, 0.5) is 23.7 Å². The summed E-state index contributed by atoms with van der Waals surface area (Å²) in [6.07, 6.45) is -3.29. The van der Waals surface area contributed by atoms with E-state index < -0.39 is 34.3 Å². The number of benzene rings is 3. The van der Waals surface area contributed by atoms with Crippen molar-refractivity contribution in [1.29, 1.82) is 0 Å². The standard InChI is InChI=1S/C24H15BrF3N3O5/c25-17-6-1-15(2-7-17)13-30-22(32)19(29-23(30)33)11-14-3-8-18(9-4-14)36-21-10-5-16(24(26,27)28)12-20(21)31(34)35/h1-12H,13H2,(H,29,33). The minimum absolute atomic E-state index is 0.0594. The average molecular weight is 562 g/mol. The van der Waals surface area contributed by atoms with Gasteiger partial charge in [-0.15, -0.1) is 0 Å². The number of halogens is 4. The molecule has 0 radical (unpaired) electrons. The number of amides is 3. The predicted octanol–water partition coefficient (Wildman–Crippen LogP) is 6.26. The normalized spacial score (nSPS) is 14.8. The van der Waals surface area contributed by atoms with Crippen LogP contribution >= 0.6 is 15.9 Å². The number of urea groups is 1. The fraction of sp³-hybridized carbons (Fsp3) is 0.0833. The largest absolute Gasteiger partial charge is 0.450 e. The molecular formula is C24H15BrF3N3O5. The van der Waals surface area contributed by atoms with E-state index in [-0.39, 0.29) is 23.7 Å². The van der Waals surface area contributed by atoms with Crippen LogP contribution in [-0.2, 0) is 17.5 Å². The maximum absolute atomic E-state index is 12.9. The quantitative estimate of drug-likeness (QED) is 0.165. The number of nitrogens with zero attached hydrogens (tertiary/aromatic N) is 2. The summed E-state index contributed by atoms with van der Waals surface area (Å²) in [6, 6.07) is 14.5. The number of nitro groups is 1. The zero-order chi connectivity index (χ0) is 26.0. The van der Waals surface area contributed by atoms with Gasteiger partial charge in [-0.1, -0.05) is 40.2 Å². The van der Waals surface area contributed by atoms with Crippen LogP contribution in [0.1, 0.15) is 16.7 Å². The Kier molecular flexibility index (Phi) is 6.80. The number of nitro benzene ring substituents is 1. The molecule has 1 aliphatic heterocycles. The molecule has 0 spiro atoms. The second kappa shape index (κ2) is 9.82. The Bertz CT molecular complexity index is 1370. The van der Waals surface area contributed by atoms with Crippen LogP contribution in [-0.4, -0.2) is 21.8 Å². The first-order valence-corrected chi connectivity index (χ1v) is 11.0. The van der Waals surface area contributed by atoms with E-state index in [4.69, 9.17) is 4.74 Å². The van der Waals surface area contributed by atoms with Crippen molar-refractivity contribution in [2.45, 2.75) is 12.7 Å². The molecule has 0 aliphatic carbocycles. The monoisotopic (exact) mass is 561 g/mol. The van der Waals surface area contributed by atoms with Crippen molar-refractivity contribution >= 4 is 39.6 Å². The zero-order valence-corrected chi connectivity index (χ0v) is 19.7. The predicted molar refractivity (Wildman–Crippen MR) is 126 cm³/mol. The molecule has 8 nitrogen and oxygen atoms in total. The Labute approximate surface area is 210 Å². The van der Waals surface area contributed by atoms with E-state index in [9.17, 15) is 32.9 Å². The van der Waals surface area contributed by atoms with Crippen LogP contribution in [0.15, 0.2) is 76.9 Å². The number of alkyl halides is 3. The molecule has 0 aromatic heterocycles. The third kappa shape index (κ3) is 5.54. The first-order chi connectivity index (χ1) is 17.0. The number of nitrogens with one attached hydrogen (secondary N) is 1. The highest BCUT2D eigenvalue weighted by Crippen LogP contribution is 2.38. The van der Waals surface area contributed by atoms with Gasteiger partial charge < -0.3 is 10.1 Å². The van der Waals surface area contributed by atoms with Crippen molar-refractivity contribution in [1.82, 2.24) is 10.2 Å². The summed E-state index contributed by atoms with van der Waals surface area (Å²) in [7, 11) is 0. The molecule has 12 heteroatoms. The Balaban J connectivity index is 1.49. The summed E-state index contributed by atoms with van der Waals surface area (Å²) in [6.45, 7) is 0.0912. The Morgan fingerprint density at radius 1 is 1.03 bits per heavy atom. The summed E-state index contributed by atoms with van der Waals surface area (Å²) in [5.41, 5.74) is -0.661. The van der Waals surface area contributed by atoms with E-state index in [2.05, 4.69) is 21.2 Å². The van der Waals surface area contributed by atoms with E-state index in [1.165, 1.54) is 30.3 Å². The number of hydrogen-bond acceptors (Lipinski definition) is 5. The van der Waals surface area contributed by atoms with E-state index in [1.807, 2.05) is 0 Å². The lowest BCUT2D eigenvalue weighted by Gasteiger charge is -2.11. The lowest BCUT2D eigenvalue weighted by Crippen LogP contribution is -2.30. The summed E-state index contributed by atoms with van der Waals surface area (Å²) in [5.74, 6) is -0.747. The number of rotatable bonds is 6. The van der Waals surface area contributed by atoms with Gasteiger partial charge >= 0.3 is 17.9 Å². The molecule has 1 aliphatic rings. The van der Waals surface area contributed by atoms with Gasteiger partial charge in [-0.05, 0) is 53.6 Å². The first kappa shape index (κ1) is 24.9. The highest BCUT2D eigenvalue weighted by molar-refractivity contribution is 9.10. The first-order valence-electron chi connectivity index (χ1n) is 10.2.